The van der Waals surface area contributed by atoms with Crippen LogP contribution in [0.1, 0.15) is 36.6 Å². The third-order valence-corrected chi connectivity index (χ3v) is 3.71. The standard InChI is InChI=1S/C14H21ClN2/c1-4-17(9-12-5-6-12)14-13(8-15)10(2)7-11(3)16-14/h7,12H,4-6,8-9H2,1-3H3. The highest BCUT2D eigenvalue weighted by Crippen LogP contribution is 2.32. The maximum Gasteiger partial charge on any atom is 0.133 e. The zero-order valence-electron chi connectivity index (χ0n) is 11.0. The summed E-state index contributed by atoms with van der Waals surface area (Å²) in [5.74, 6) is 2.53. The summed E-state index contributed by atoms with van der Waals surface area (Å²) in [6.45, 7) is 8.52. The van der Waals surface area contributed by atoms with Gasteiger partial charge in [0.25, 0.3) is 0 Å². The summed E-state index contributed by atoms with van der Waals surface area (Å²) in [7, 11) is 0. The summed E-state index contributed by atoms with van der Waals surface area (Å²) < 4.78 is 0. The minimum absolute atomic E-state index is 0.551. The fourth-order valence-electron chi connectivity index (χ4n) is 2.25. The van der Waals surface area contributed by atoms with Crippen LogP contribution in [0, 0.1) is 19.8 Å². The third-order valence-electron chi connectivity index (χ3n) is 3.44. The van der Waals surface area contributed by atoms with E-state index in [1.54, 1.807) is 0 Å². The average Bonchev–Trinajstić information content (AvgIpc) is 3.08. The number of nitrogens with zero attached hydrogens (tertiary/aromatic N) is 2. The average molecular weight is 253 g/mol. The predicted octanol–water partition coefficient (Wildman–Crippen LogP) is 3.67. The first kappa shape index (κ1) is 12.7. The van der Waals surface area contributed by atoms with Crippen molar-refractivity contribution in [1.29, 1.82) is 0 Å². The number of hydrogen-bond donors (Lipinski definition) is 0. The molecule has 1 heterocycles. The van der Waals surface area contributed by atoms with Gasteiger partial charge >= 0.3 is 0 Å². The van der Waals surface area contributed by atoms with Crippen LogP contribution in [0.25, 0.3) is 0 Å². The van der Waals surface area contributed by atoms with Crippen LogP contribution in [0.5, 0.6) is 0 Å². The number of pyridine rings is 1. The Hall–Kier alpha value is -0.760. The summed E-state index contributed by atoms with van der Waals surface area (Å²) in [6.07, 6.45) is 2.75. The normalized spacial score (nSPS) is 15.1. The lowest BCUT2D eigenvalue weighted by Gasteiger charge is -2.25. The summed E-state index contributed by atoms with van der Waals surface area (Å²) in [6, 6.07) is 2.12. The van der Waals surface area contributed by atoms with Crippen molar-refractivity contribution in [2.75, 3.05) is 18.0 Å². The van der Waals surface area contributed by atoms with Crippen LogP contribution in [-0.4, -0.2) is 18.1 Å². The fourth-order valence-corrected chi connectivity index (χ4v) is 2.58. The Kier molecular flexibility index (Phi) is 3.93. The van der Waals surface area contributed by atoms with Crippen molar-refractivity contribution >= 4 is 17.4 Å². The van der Waals surface area contributed by atoms with Gasteiger partial charge in [0.05, 0.1) is 5.88 Å². The van der Waals surface area contributed by atoms with E-state index in [4.69, 9.17) is 16.6 Å². The molecule has 2 rings (SSSR count). The van der Waals surface area contributed by atoms with Gasteiger partial charge in [-0.05, 0) is 51.2 Å². The molecule has 0 aliphatic heterocycles. The number of anilines is 1. The second kappa shape index (κ2) is 5.26. The Morgan fingerprint density at radius 2 is 2.12 bits per heavy atom. The van der Waals surface area contributed by atoms with Crippen LogP contribution in [0.2, 0.25) is 0 Å². The van der Waals surface area contributed by atoms with E-state index in [2.05, 4.69) is 31.7 Å². The zero-order valence-corrected chi connectivity index (χ0v) is 11.7. The van der Waals surface area contributed by atoms with Crippen molar-refractivity contribution in [2.45, 2.75) is 39.5 Å². The van der Waals surface area contributed by atoms with Crippen LogP contribution < -0.4 is 4.90 Å². The highest BCUT2D eigenvalue weighted by atomic mass is 35.5. The molecule has 2 nitrogen and oxygen atoms in total. The molecule has 0 bridgehead atoms. The molecule has 94 valence electrons. The lowest BCUT2D eigenvalue weighted by Crippen LogP contribution is -2.27. The first-order valence-electron chi connectivity index (χ1n) is 6.43. The van der Waals surface area contributed by atoms with E-state index in [0.717, 1.165) is 30.5 Å². The van der Waals surface area contributed by atoms with Gasteiger partial charge in [0.1, 0.15) is 5.82 Å². The number of aryl methyl sites for hydroxylation is 2. The van der Waals surface area contributed by atoms with Gasteiger partial charge < -0.3 is 4.90 Å². The van der Waals surface area contributed by atoms with Crippen molar-refractivity contribution in [2.24, 2.45) is 5.92 Å². The van der Waals surface area contributed by atoms with Gasteiger partial charge in [-0.15, -0.1) is 11.6 Å². The fraction of sp³-hybridized carbons (Fsp3) is 0.643. The maximum atomic E-state index is 6.08. The molecule has 0 unspecified atom stereocenters. The molecule has 0 saturated heterocycles. The topological polar surface area (TPSA) is 16.1 Å². The smallest absolute Gasteiger partial charge is 0.133 e. The molecule has 0 N–H and O–H groups in total. The molecule has 17 heavy (non-hydrogen) atoms. The molecule has 0 spiro atoms. The van der Waals surface area contributed by atoms with Gasteiger partial charge in [0.15, 0.2) is 0 Å². The predicted molar refractivity (Wildman–Crippen MR) is 73.9 cm³/mol. The van der Waals surface area contributed by atoms with Crippen LogP contribution in [0.4, 0.5) is 5.82 Å². The van der Waals surface area contributed by atoms with Crippen LogP contribution in [0.3, 0.4) is 0 Å². The van der Waals surface area contributed by atoms with Crippen LogP contribution >= 0.6 is 11.6 Å². The van der Waals surface area contributed by atoms with Gasteiger partial charge in [-0.1, -0.05) is 0 Å². The molecule has 0 amide bonds. The first-order chi connectivity index (χ1) is 8.15. The van der Waals surface area contributed by atoms with E-state index in [0.29, 0.717) is 5.88 Å². The minimum atomic E-state index is 0.551. The highest BCUT2D eigenvalue weighted by Gasteiger charge is 2.25. The second-order valence-electron chi connectivity index (χ2n) is 5.00. The maximum absolute atomic E-state index is 6.08. The van der Waals surface area contributed by atoms with Crippen LogP contribution in [-0.2, 0) is 5.88 Å². The van der Waals surface area contributed by atoms with Gasteiger partial charge in [-0.3, -0.25) is 0 Å². The van der Waals surface area contributed by atoms with Gasteiger partial charge in [-0.25, -0.2) is 4.98 Å². The van der Waals surface area contributed by atoms with Crippen molar-refractivity contribution < 1.29 is 0 Å². The quantitative estimate of drug-likeness (QED) is 0.744. The number of halogens is 1. The zero-order chi connectivity index (χ0) is 12.4. The Morgan fingerprint density at radius 1 is 1.41 bits per heavy atom. The Morgan fingerprint density at radius 3 is 2.65 bits per heavy atom. The van der Waals surface area contributed by atoms with Crippen molar-refractivity contribution in [3.8, 4) is 0 Å². The molecule has 1 aromatic heterocycles. The molecule has 0 radical (unpaired) electrons. The molecule has 0 aromatic carbocycles. The SMILES string of the molecule is CCN(CC1CC1)c1nc(C)cc(C)c1CCl. The lowest BCUT2D eigenvalue weighted by molar-refractivity contribution is 0.726. The number of hydrogen-bond acceptors (Lipinski definition) is 2. The third kappa shape index (κ3) is 2.92. The van der Waals surface area contributed by atoms with E-state index in [9.17, 15) is 0 Å². The molecule has 1 aliphatic rings. The molecule has 1 saturated carbocycles. The van der Waals surface area contributed by atoms with Crippen molar-refractivity contribution in [3.05, 3.63) is 22.9 Å². The first-order valence-corrected chi connectivity index (χ1v) is 6.97. The Labute approximate surface area is 109 Å². The largest absolute Gasteiger partial charge is 0.356 e. The van der Waals surface area contributed by atoms with E-state index >= 15 is 0 Å². The van der Waals surface area contributed by atoms with Crippen molar-refractivity contribution in [3.63, 3.8) is 0 Å². The Balaban J connectivity index is 2.32. The number of rotatable bonds is 5. The molecular weight excluding hydrogens is 232 g/mol. The highest BCUT2D eigenvalue weighted by molar-refractivity contribution is 6.17. The monoisotopic (exact) mass is 252 g/mol. The summed E-state index contributed by atoms with van der Waals surface area (Å²) >= 11 is 6.08. The summed E-state index contributed by atoms with van der Waals surface area (Å²) in [5, 5.41) is 0. The Bertz CT molecular complexity index is 399. The molecule has 3 heteroatoms. The van der Waals surface area contributed by atoms with E-state index in [1.807, 2.05) is 0 Å². The molecule has 1 aromatic rings. The summed E-state index contributed by atoms with van der Waals surface area (Å²) in [5.41, 5.74) is 3.54. The number of alkyl halides is 1. The van der Waals surface area contributed by atoms with Gasteiger partial charge in [-0.2, -0.15) is 0 Å². The van der Waals surface area contributed by atoms with Crippen LogP contribution in [0.15, 0.2) is 6.07 Å². The molecular formula is C14H21ClN2. The molecule has 1 fully saturated rings. The van der Waals surface area contributed by atoms with Gasteiger partial charge in [0, 0.05) is 24.3 Å². The van der Waals surface area contributed by atoms with Gasteiger partial charge in [0.2, 0.25) is 0 Å². The van der Waals surface area contributed by atoms with Crippen molar-refractivity contribution in [1.82, 2.24) is 4.98 Å². The molecule has 1 aliphatic carbocycles. The molecule has 0 atom stereocenters. The van der Waals surface area contributed by atoms with E-state index in [-0.39, 0.29) is 0 Å². The number of aromatic nitrogens is 1. The lowest BCUT2D eigenvalue weighted by atomic mass is 10.1. The minimum Gasteiger partial charge on any atom is -0.356 e. The summed E-state index contributed by atoms with van der Waals surface area (Å²) in [4.78, 5) is 7.08. The van der Waals surface area contributed by atoms with E-state index < -0.39 is 0 Å². The van der Waals surface area contributed by atoms with E-state index in [1.165, 1.54) is 24.0 Å². The second-order valence-corrected chi connectivity index (χ2v) is 5.27.